The van der Waals surface area contributed by atoms with Crippen molar-refractivity contribution in [3.8, 4) is 0 Å². The summed E-state index contributed by atoms with van der Waals surface area (Å²) in [4.78, 5) is 10.1. The fraction of sp³-hybridized carbons (Fsp3) is 0.400. The van der Waals surface area contributed by atoms with E-state index in [2.05, 4.69) is 0 Å². The van der Waals surface area contributed by atoms with Crippen LogP contribution in [0.25, 0.3) is 0 Å². The van der Waals surface area contributed by atoms with Crippen molar-refractivity contribution >= 4 is 5.69 Å². The lowest BCUT2D eigenvalue weighted by molar-refractivity contribution is -0.385. The van der Waals surface area contributed by atoms with Crippen LogP contribution in [0.2, 0.25) is 0 Å². The minimum absolute atomic E-state index is 0.0556. The third-order valence-corrected chi connectivity index (χ3v) is 1.97. The Morgan fingerprint density at radius 2 is 2.00 bits per heavy atom. The van der Waals surface area contributed by atoms with E-state index in [1.54, 1.807) is 12.1 Å². The highest BCUT2D eigenvalue weighted by Crippen LogP contribution is 2.18. The first kappa shape index (κ1) is 10.7. The van der Waals surface area contributed by atoms with Gasteiger partial charge in [0.05, 0.1) is 11.5 Å². The number of aliphatic hydroxyl groups is 1. The van der Waals surface area contributed by atoms with E-state index >= 15 is 0 Å². The monoisotopic (exact) mass is 195 g/mol. The van der Waals surface area contributed by atoms with Crippen LogP contribution in [-0.4, -0.2) is 10.0 Å². The molecule has 0 fully saturated rings. The Bertz CT molecular complexity index is 336. The number of rotatable bonds is 4. The van der Waals surface area contributed by atoms with Crippen LogP contribution in [0, 0.1) is 10.1 Å². The minimum atomic E-state index is -0.432. The summed E-state index contributed by atoms with van der Waals surface area (Å²) in [6, 6.07) is 4.76. The number of non-ortho nitro benzene ring substituents is 1. The van der Waals surface area contributed by atoms with Crippen molar-refractivity contribution in [3.63, 3.8) is 0 Å². The first-order valence-corrected chi connectivity index (χ1v) is 4.55. The first-order valence-electron chi connectivity index (χ1n) is 4.55. The Kier molecular flexibility index (Phi) is 3.59. The van der Waals surface area contributed by atoms with Gasteiger partial charge in [0.1, 0.15) is 0 Å². The second-order valence-electron chi connectivity index (χ2n) is 3.17. The lowest BCUT2D eigenvalue weighted by atomic mass is 10.1. The highest BCUT2D eigenvalue weighted by molar-refractivity contribution is 5.39. The molecule has 4 heteroatoms. The van der Waals surface area contributed by atoms with Crippen molar-refractivity contribution < 1.29 is 10.0 Å². The highest BCUT2D eigenvalue weighted by atomic mass is 16.6. The van der Waals surface area contributed by atoms with Crippen molar-refractivity contribution in [3.05, 3.63) is 39.4 Å². The Morgan fingerprint density at radius 3 is 2.50 bits per heavy atom. The Morgan fingerprint density at radius 1 is 1.36 bits per heavy atom. The molecule has 0 aromatic heterocycles. The van der Waals surface area contributed by atoms with Crippen molar-refractivity contribution in [2.24, 2.45) is 0 Å². The number of hydrogen-bond donors (Lipinski definition) is 1. The SMILES string of the molecule is CCCc1cc(CO)cc([N+](=O)[O-])c1. The second-order valence-corrected chi connectivity index (χ2v) is 3.17. The number of hydrogen-bond acceptors (Lipinski definition) is 3. The van der Waals surface area contributed by atoms with Crippen LogP contribution in [0.15, 0.2) is 18.2 Å². The number of nitro groups is 1. The maximum atomic E-state index is 10.5. The van der Waals surface area contributed by atoms with Crippen molar-refractivity contribution in [2.45, 2.75) is 26.4 Å². The molecular weight excluding hydrogens is 182 g/mol. The van der Waals surface area contributed by atoms with Crippen LogP contribution in [0.4, 0.5) is 5.69 Å². The van der Waals surface area contributed by atoms with E-state index in [0.29, 0.717) is 5.56 Å². The smallest absolute Gasteiger partial charge is 0.270 e. The van der Waals surface area contributed by atoms with Crippen LogP contribution in [0.5, 0.6) is 0 Å². The molecule has 0 unspecified atom stereocenters. The van der Waals surface area contributed by atoms with Gasteiger partial charge in [-0.2, -0.15) is 0 Å². The molecule has 0 aliphatic carbocycles. The summed E-state index contributed by atoms with van der Waals surface area (Å²) in [7, 11) is 0. The molecule has 0 saturated heterocycles. The normalized spacial score (nSPS) is 10.1. The van der Waals surface area contributed by atoms with Crippen molar-refractivity contribution in [2.75, 3.05) is 0 Å². The molecule has 1 N–H and O–H groups in total. The van der Waals surface area contributed by atoms with E-state index < -0.39 is 4.92 Å². The molecule has 0 saturated carbocycles. The molecule has 1 rings (SSSR count). The second kappa shape index (κ2) is 4.72. The molecule has 76 valence electrons. The third-order valence-electron chi connectivity index (χ3n) is 1.97. The lowest BCUT2D eigenvalue weighted by Crippen LogP contribution is -1.94. The molecule has 14 heavy (non-hydrogen) atoms. The van der Waals surface area contributed by atoms with Gasteiger partial charge in [-0.15, -0.1) is 0 Å². The van der Waals surface area contributed by atoms with E-state index in [4.69, 9.17) is 5.11 Å². The average Bonchev–Trinajstić information content (AvgIpc) is 2.17. The summed E-state index contributed by atoms with van der Waals surface area (Å²) in [5.41, 5.74) is 1.56. The molecule has 0 aliphatic rings. The summed E-state index contributed by atoms with van der Waals surface area (Å²) in [6.45, 7) is 1.86. The Labute approximate surface area is 82.3 Å². The first-order chi connectivity index (χ1) is 6.67. The molecule has 0 bridgehead atoms. The quantitative estimate of drug-likeness (QED) is 0.590. The van der Waals surface area contributed by atoms with Gasteiger partial charge in [0.15, 0.2) is 0 Å². The van der Waals surface area contributed by atoms with Gasteiger partial charge in [-0.1, -0.05) is 19.4 Å². The largest absolute Gasteiger partial charge is 0.392 e. The van der Waals surface area contributed by atoms with Crippen LogP contribution < -0.4 is 0 Å². The van der Waals surface area contributed by atoms with Gasteiger partial charge in [-0.05, 0) is 17.5 Å². The lowest BCUT2D eigenvalue weighted by Gasteiger charge is -2.02. The third kappa shape index (κ3) is 2.53. The van der Waals surface area contributed by atoms with Crippen molar-refractivity contribution in [1.29, 1.82) is 0 Å². The number of nitro benzene ring substituents is 1. The standard InChI is InChI=1S/C10H13NO3/c1-2-3-8-4-9(7-12)6-10(5-8)11(13)14/h4-6,12H,2-3,7H2,1H3. The number of aryl methyl sites for hydroxylation is 1. The number of benzene rings is 1. The van der Waals surface area contributed by atoms with Gasteiger partial charge < -0.3 is 5.11 Å². The molecule has 0 amide bonds. The molecule has 0 spiro atoms. The summed E-state index contributed by atoms with van der Waals surface area (Å²) < 4.78 is 0. The molecule has 0 aliphatic heterocycles. The van der Waals surface area contributed by atoms with Crippen LogP contribution in [-0.2, 0) is 13.0 Å². The fourth-order valence-corrected chi connectivity index (χ4v) is 1.37. The average molecular weight is 195 g/mol. The molecule has 1 aromatic rings. The maximum absolute atomic E-state index is 10.5. The van der Waals surface area contributed by atoms with Gasteiger partial charge in [0, 0.05) is 12.1 Å². The Balaban J connectivity index is 3.06. The van der Waals surface area contributed by atoms with E-state index in [9.17, 15) is 10.1 Å². The minimum Gasteiger partial charge on any atom is -0.392 e. The fourth-order valence-electron chi connectivity index (χ4n) is 1.37. The molecule has 0 heterocycles. The van der Waals surface area contributed by atoms with Crippen molar-refractivity contribution in [1.82, 2.24) is 0 Å². The maximum Gasteiger partial charge on any atom is 0.270 e. The van der Waals surface area contributed by atoms with E-state index in [-0.39, 0.29) is 12.3 Å². The van der Waals surface area contributed by atoms with E-state index in [0.717, 1.165) is 18.4 Å². The summed E-state index contributed by atoms with van der Waals surface area (Å²) >= 11 is 0. The Hall–Kier alpha value is -1.42. The molecule has 0 atom stereocenters. The van der Waals surface area contributed by atoms with Gasteiger partial charge in [0.2, 0.25) is 0 Å². The molecule has 1 aromatic carbocycles. The molecule has 0 radical (unpaired) electrons. The van der Waals surface area contributed by atoms with Crippen LogP contribution in [0.1, 0.15) is 24.5 Å². The van der Waals surface area contributed by atoms with E-state index in [1.807, 2.05) is 6.92 Å². The van der Waals surface area contributed by atoms with E-state index in [1.165, 1.54) is 6.07 Å². The number of aliphatic hydroxyl groups excluding tert-OH is 1. The highest BCUT2D eigenvalue weighted by Gasteiger charge is 2.08. The van der Waals surface area contributed by atoms with Crippen LogP contribution in [0.3, 0.4) is 0 Å². The number of nitrogens with zero attached hydrogens (tertiary/aromatic N) is 1. The molecular formula is C10H13NO3. The van der Waals surface area contributed by atoms with Gasteiger partial charge in [-0.3, -0.25) is 10.1 Å². The summed E-state index contributed by atoms with van der Waals surface area (Å²) in [6.07, 6.45) is 1.74. The van der Waals surface area contributed by atoms with Gasteiger partial charge >= 0.3 is 0 Å². The zero-order valence-electron chi connectivity index (χ0n) is 8.06. The zero-order valence-corrected chi connectivity index (χ0v) is 8.06. The predicted molar refractivity (Wildman–Crippen MR) is 53.0 cm³/mol. The van der Waals surface area contributed by atoms with Gasteiger partial charge in [0.25, 0.3) is 5.69 Å². The zero-order chi connectivity index (χ0) is 10.6. The van der Waals surface area contributed by atoms with Crippen LogP contribution >= 0.6 is 0 Å². The predicted octanol–water partition coefficient (Wildman–Crippen LogP) is 2.04. The topological polar surface area (TPSA) is 63.4 Å². The summed E-state index contributed by atoms with van der Waals surface area (Å²) in [5.74, 6) is 0. The molecule has 4 nitrogen and oxygen atoms in total. The van der Waals surface area contributed by atoms with Gasteiger partial charge in [-0.25, -0.2) is 0 Å². The summed E-state index contributed by atoms with van der Waals surface area (Å²) in [5, 5.41) is 19.5.